The Bertz CT molecular complexity index is 797. The lowest BCUT2D eigenvalue weighted by atomic mass is 10.0. The van der Waals surface area contributed by atoms with Crippen LogP contribution in [0.4, 0.5) is 17.5 Å². The number of anilines is 3. The molecule has 0 amide bonds. The summed E-state index contributed by atoms with van der Waals surface area (Å²) in [4.78, 5) is 17.2. The predicted octanol–water partition coefficient (Wildman–Crippen LogP) is 4.19. The largest absolute Gasteiger partial charge is 0.368 e. The van der Waals surface area contributed by atoms with Crippen LogP contribution in [-0.4, -0.2) is 48.7 Å². The summed E-state index contributed by atoms with van der Waals surface area (Å²) in [6.45, 7) is 11.7. The lowest BCUT2D eigenvalue weighted by molar-refractivity contribution is 0.443. The number of piperidine rings is 1. The first-order valence-corrected chi connectivity index (χ1v) is 10.8. The van der Waals surface area contributed by atoms with Crippen LogP contribution in [0.15, 0.2) is 30.3 Å². The minimum absolute atomic E-state index is 0.585. The average Bonchev–Trinajstić information content (AvgIpc) is 2.73. The highest BCUT2D eigenvalue weighted by molar-refractivity contribution is 5.52. The normalized spacial score (nSPS) is 20.5. The van der Waals surface area contributed by atoms with Gasteiger partial charge in [0.25, 0.3) is 0 Å². The van der Waals surface area contributed by atoms with Gasteiger partial charge in [-0.3, -0.25) is 0 Å². The molecule has 2 aromatic rings. The van der Waals surface area contributed by atoms with Crippen molar-refractivity contribution in [1.82, 2.24) is 9.97 Å². The predicted molar refractivity (Wildman–Crippen MR) is 118 cm³/mol. The number of nitrogens with zero attached hydrogens (tertiary/aromatic N) is 5. The first kappa shape index (κ1) is 19.0. The molecule has 150 valence electrons. The van der Waals surface area contributed by atoms with Gasteiger partial charge in [0.15, 0.2) is 0 Å². The second-order valence-corrected chi connectivity index (χ2v) is 8.23. The summed E-state index contributed by atoms with van der Waals surface area (Å²) in [6.07, 6.45) is 5.01. The molecular weight excluding hydrogens is 346 g/mol. The molecule has 3 heterocycles. The molecule has 1 atom stereocenters. The van der Waals surface area contributed by atoms with Gasteiger partial charge in [-0.05, 0) is 57.2 Å². The maximum Gasteiger partial charge on any atom is 0.227 e. The van der Waals surface area contributed by atoms with Crippen molar-refractivity contribution in [3.05, 3.63) is 41.6 Å². The maximum atomic E-state index is 5.01. The van der Waals surface area contributed by atoms with E-state index < -0.39 is 0 Å². The van der Waals surface area contributed by atoms with Crippen molar-refractivity contribution in [3.8, 4) is 0 Å². The molecular formula is C23H33N5. The quantitative estimate of drug-likeness (QED) is 0.796. The van der Waals surface area contributed by atoms with Crippen molar-refractivity contribution in [2.45, 2.75) is 52.5 Å². The van der Waals surface area contributed by atoms with Gasteiger partial charge in [0, 0.05) is 56.2 Å². The van der Waals surface area contributed by atoms with Crippen LogP contribution in [0.25, 0.3) is 0 Å². The molecule has 0 bridgehead atoms. The fraction of sp³-hybridized carbons (Fsp3) is 0.565. The molecule has 5 heteroatoms. The van der Waals surface area contributed by atoms with E-state index in [1.165, 1.54) is 36.9 Å². The topological polar surface area (TPSA) is 35.5 Å². The number of piperazine rings is 1. The number of hydrogen-bond donors (Lipinski definition) is 0. The minimum Gasteiger partial charge on any atom is -0.368 e. The van der Waals surface area contributed by atoms with Crippen LogP contribution in [0.5, 0.6) is 0 Å². The average molecular weight is 380 g/mol. The van der Waals surface area contributed by atoms with Gasteiger partial charge in [0.05, 0.1) is 0 Å². The number of hydrogen-bond acceptors (Lipinski definition) is 5. The van der Waals surface area contributed by atoms with E-state index in [1.54, 1.807) is 0 Å². The lowest BCUT2D eigenvalue weighted by Gasteiger charge is -2.38. The monoisotopic (exact) mass is 379 g/mol. The molecule has 2 aliphatic heterocycles. The third-order valence-corrected chi connectivity index (χ3v) is 6.15. The van der Waals surface area contributed by atoms with Crippen LogP contribution < -0.4 is 14.7 Å². The summed E-state index contributed by atoms with van der Waals surface area (Å²) in [5.41, 5.74) is 3.72. The minimum atomic E-state index is 0.585. The van der Waals surface area contributed by atoms with Gasteiger partial charge in [0.2, 0.25) is 5.95 Å². The molecule has 0 aliphatic carbocycles. The highest BCUT2D eigenvalue weighted by Crippen LogP contribution is 2.27. The number of aromatic nitrogens is 2. The Morgan fingerprint density at radius 1 is 0.929 bits per heavy atom. The smallest absolute Gasteiger partial charge is 0.227 e. The molecule has 1 unspecified atom stereocenters. The highest BCUT2D eigenvalue weighted by atomic mass is 15.3. The van der Waals surface area contributed by atoms with Crippen LogP contribution in [0, 0.1) is 13.8 Å². The van der Waals surface area contributed by atoms with E-state index in [0.29, 0.717) is 6.04 Å². The van der Waals surface area contributed by atoms with E-state index >= 15 is 0 Å². The van der Waals surface area contributed by atoms with Crippen molar-refractivity contribution in [2.24, 2.45) is 0 Å². The van der Waals surface area contributed by atoms with Gasteiger partial charge in [-0.2, -0.15) is 4.98 Å². The molecule has 4 rings (SSSR count). The molecule has 1 aromatic carbocycles. The number of aryl methyl sites for hydroxylation is 2. The van der Waals surface area contributed by atoms with Crippen molar-refractivity contribution in [1.29, 1.82) is 0 Å². The van der Waals surface area contributed by atoms with Crippen LogP contribution >= 0.6 is 0 Å². The SMILES string of the molecule is CCC1CCCCN1c1nc(C)cc(N2CCN(c3cccc(C)c3)CC2)n1. The summed E-state index contributed by atoms with van der Waals surface area (Å²) in [7, 11) is 0. The lowest BCUT2D eigenvalue weighted by Crippen LogP contribution is -2.47. The number of rotatable bonds is 4. The van der Waals surface area contributed by atoms with Gasteiger partial charge in [-0.25, -0.2) is 4.98 Å². The molecule has 2 saturated heterocycles. The van der Waals surface area contributed by atoms with Crippen molar-refractivity contribution >= 4 is 17.5 Å². The van der Waals surface area contributed by atoms with Crippen molar-refractivity contribution in [2.75, 3.05) is 47.4 Å². The second-order valence-electron chi connectivity index (χ2n) is 8.23. The molecule has 0 N–H and O–H groups in total. The van der Waals surface area contributed by atoms with E-state index in [2.05, 4.69) is 65.8 Å². The molecule has 2 aliphatic rings. The summed E-state index contributed by atoms with van der Waals surface area (Å²) in [5, 5.41) is 0. The zero-order valence-electron chi connectivity index (χ0n) is 17.6. The van der Waals surface area contributed by atoms with Gasteiger partial charge >= 0.3 is 0 Å². The Morgan fingerprint density at radius 2 is 1.71 bits per heavy atom. The van der Waals surface area contributed by atoms with Crippen molar-refractivity contribution < 1.29 is 0 Å². The van der Waals surface area contributed by atoms with Gasteiger partial charge in [0.1, 0.15) is 5.82 Å². The highest BCUT2D eigenvalue weighted by Gasteiger charge is 2.25. The third-order valence-electron chi connectivity index (χ3n) is 6.15. The van der Waals surface area contributed by atoms with E-state index in [-0.39, 0.29) is 0 Å². The molecule has 28 heavy (non-hydrogen) atoms. The summed E-state index contributed by atoms with van der Waals surface area (Å²) < 4.78 is 0. The number of benzene rings is 1. The maximum absolute atomic E-state index is 5.01. The fourth-order valence-corrected chi connectivity index (χ4v) is 4.53. The summed E-state index contributed by atoms with van der Waals surface area (Å²) in [6, 6.07) is 11.5. The van der Waals surface area contributed by atoms with Crippen LogP contribution in [-0.2, 0) is 0 Å². The van der Waals surface area contributed by atoms with Gasteiger partial charge in [-0.15, -0.1) is 0 Å². The Labute approximate surface area is 169 Å². The molecule has 0 saturated carbocycles. The second kappa shape index (κ2) is 8.38. The molecule has 0 spiro atoms. The third kappa shape index (κ3) is 4.08. The molecule has 5 nitrogen and oxygen atoms in total. The summed E-state index contributed by atoms with van der Waals surface area (Å²) in [5.74, 6) is 2.02. The Balaban J connectivity index is 1.48. The van der Waals surface area contributed by atoms with E-state index in [0.717, 1.165) is 50.2 Å². The Hall–Kier alpha value is -2.30. The van der Waals surface area contributed by atoms with Crippen LogP contribution in [0.3, 0.4) is 0 Å². The van der Waals surface area contributed by atoms with Crippen LogP contribution in [0.1, 0.15) is 43.9 Å². The van der Waals surface area contributed by atoms with Gasteiger partial charge < -0.3 is 14.7 Å². The molecule has 0 radical (unpaired) electrons. The Kier molecular flexibility index (Phi) is 5.69. The van der Waals surface area contributed by atoms with Gasteiger partial charge in [-0.1, -0.05) is 19.1 Å². The first-order chi connectivity index (χ1) is 13.6. The van der Waals surface area contributed by atoms with E-state index in [9.17, 15) is 0 Å². The Morgan fingerprint density at radius 3 is 2.46 bits per heavy atom. The standard InChI is InChI=1S/C23H33N5/c1-4-20-9-5-6-11-28(20)23-24-19(3)17-22(25-23)27-14-12-26(13-15-27)21-10-7-8-18(2)16-21/h7-8,10,16-17,20H,4-6,9,11-15H2,1-3H3. The molecule has 2 fully saturated rings. The van der Waals surface area contributed by atoms with Crippen molar-refractivity contribution in [3.63, 3.8) is 0 Å². The molecule has 1 aromatic heterocycles. The fourth-order valence-electron chi connectivity index (χ4n) is 4.53. The zero-order chi connectivity index (χ0) is 19.5. The van der Waals surface area contributed by atoms with E-state index in [1.807, 2.05) is 0 Å². The van der Waals surface area contributed by atoms with E-state index in [4.69, 9.17) is 9.97 Å². The first-order valence-electron chi connectivity index (χ1n) is 10.8. The van der Waals surface area contributed by atoms with Crippen LogP contribution in [0.2, 0.25) is 0 Å². The zero-order valence-corrected chi connectivity index (χ0v) is 17.6. The summed E-state index contributed by atoms with van der Waals surface area (Å²) >= 11 is 0.